The second-order valence-corrected chi connectivity index (χ2v) is 13.1. The zero-order valence-corrected chi connectivity index (χ0v) is 35.1. The second kappa shape index (κ2) is 24.7. The van der Waals surface area contributed by atoms with Gasteiger partial charge in [0.05, 0.1) is 37.1 Å². The summed E-state index contributed by atoms with van der Waals surface area (Å²) in [4.78, 5) is 23.6. The largest absolute Gasteiger partial charge is 0.492 e. The molecular weight excluding hydrogens is 727 g/mol. The summed E-state index contributed by atoms with van der Waals surface area (Å²) in [5.41, 5.74) is 5.88. The summed E-state index contributed by atoms with van der Waals surface area (Å²) in [6, 6.07) is 18.4. The molecule has 1 saturated carbocycles. The van der Waals surface area contributed by atoms with Gasteiger partial charge in [0, 0.05) is 67.5 Å². The van der Waals surface area contributed by atoms with E-state index in [4.69, 9.17) is 24.0 Å². The molecule has 0 saturated heterocycles. The maximum atomic E-state index is 12.6. The Kier molecular flexibility index (Phi) is 19.8. The minimum atomic E-state index is -0.452. The Bertz CT molecular complexity index is 1900. The normalized spacial score (nSPS) is 17.4. The van der Waals surface area contributed by atoms with E-state index in [1.54, 1.807) is 51.0 Å². The molecule has 0 aliphatic heterocycles. The third kappa shape index (κ3) is 12.1. The lowest BCUT2D eigenvalue weighted by Gasteiger charge is -2.50. The van der Waals surface area contributed by atoms with Gasteiger partial charge >= 0.3 is 5.97 Å². The summed E-state index contributed by atoms with van der Waals surface area (Å²) < 4.78 is 26.0. The van der Waals surface area contributed by atoms with Gasteiger partial charge in [0.2, 0.25) is 0 Å². The summed E-state index contributed by atoms with van der Waals surface area (Å²) in [7, 11) is 3.50. The Hall–Kier alpha value is -5.84. The summed E-state index contributed by atoms with van der Waals surface area (Å²) in [6.07, 6.45) is 15.7. The average Bonchev–Trinajstić information content (AvgIpc) is 3.70. The molecule has 0 N–H and O–H groups in total. The van der Waals surface area contributed by atoms with E-state index in [9.17, 15) is 4.79 Å². The minimum Gasteiger partial charge on any atom is -0.492 e. The van der Waals surface area contributed by atoms with Crippen LogP contribution in [0.25, 0.3) is 17.1 Å². The number of methoxy groups -OCH3 is 2. The van der Waals surface area contributed by atoms with Crippen molar-refractivity contribution in [3.05, 3.63) is 165 Å². The number of aromatic nitrogens is 4. The molecule has 2 aromatic heterocycles. The average molecular weight is 788 g/mol. The zero-order valence-electron chi connectivity index (χ0n) is 35.1. The van der Waals surface area contributed by atoms with Gasteiger partial charge in [-0.3, -0.25) is 14.6 Å². The van der Waals surface area contributed by atoms with Crippen molar-refractivity contribution in [1.82, 2.24) is 19.7 Å². The molecule has 3 unspecified atom stereocenters. The molecule has 10 nitrogen and oxygen atoms in total. The zero-order chi connectivity index (χ0) is 42.5. The van der Waals surface area contributed by atoms with E-state index in [1.165, 1.54) is 12.2 Å². The van der Waals surface area contributed by atoms with E-state index in [0.717, 1.165) is 40.2 Å². The Morgan fingerprint density at radius 3 is 2.05 bits per heavy atom. The number of anilines is 1. The van der Waals surface area contributed by atoms with E-state index in [2.05, 4.69) is 92.1 Å². The molecule has 2 heterocycles. The molecule has 1 fully saturated rings. The van der Waals surface area contributed by atoms with Crippen molar-refractivity contribution in [3.8, 4) is 11.4 Å². The van der Waals surface area contributed by atoms with Gasteiger partial charge in [0.1, 0.15) is 30.4 Å². The lowest BCUT2D eigenvalue weighted by Crippen LogP contribution is -2.53. The van der Waals surface area contributed by atoms with Gasteiger partial charge in [-0.25, -0.2) is 4.79 Å². The lowest BCUT2D eigenvalue weighted by atomic mass is 9.63. The van der Waals surface area contributed by atoms with Crippen LogP contribution >= 0.6 is 0 Å². The molecule has 308 valence electrons. The number of hydrogen-bond acceptors (Lipinski definition) is 9. The van der Waals surface area contributed by atoms with Crippen LogP contribution in [0.5, 0.6) is 0 Å². The van der Waals surface area contributed by atoms with Gasteiger partial charge in [-0.05, 0) is 37.1 Å². The molecule has 4 aromatic rings. The van der Waals surface area contributed by atoms with Gasteiger partial charge < -0.3 is 23.8 Å². The highest BCUT2D eigenvalue weighted by molar-refractivity contribution is 5.91. The fourth-order valence-electron chi connectivity index (χ4n) is 6.62. The Balaban J connectivity index is 0.00000141. The first-order valence-corrected chi connectivity index (χ1v) is 19.7. The molecule has 0 bridgehead atoms. The quantitative estimate of drug-likeness (QED) is 0.0375. The van der Waals surface area contributed by atoms with Crippen LogP contribution in [0.15, 0.2) is 148 Å². The van der Waals surface area contributed by atoms with Crippen molar-refractivity contribution in [1.29, 1.82) is 0 Å². The van der Waals surface area contributed by atoms with Gasteiger partial charge in [0.25, 0.3) is 0 Å². The predicted molar refractivity (Wildman–Crippen MR) is 237 cm³/mol. The molecule has 5 rings (SSSR count). The Labute approximate surface area is 345 Å². The number of ether oxygens (including phenoxy) is 4. The molecule has 3 atom stereocenters. The Morgan fingerprint density at radius 1 is 0.879 bits per heavy atom. The summed E-state index contributed by atoms with van der Waals surface area (Å²) in [5, 5.41) is 4.97. The number of rotatable bonds is 20. The number of carbonyl (C=O) groups excluding carboxylic acids is 1. The molecule has 1 aliphatic rings. The first kappa shape index (κ1) is 46.5. The highest BCUT2D eigenvalue weighted by atomic mass is 16.5. The number of nitrogens with zero attached hydrogens (tertiary/aromatic N) is 5. The van der Waals surface area contributed by atoms with Crippen LogP contribution in [0.1, 0.15) is 68.7 Å². The van der Waals surface area contributed by atoms with Crippen molar-refractivity contribution in [3.63, 3.8) is 0 Å². The van der Waals surface area contributed by atoms with E-state index in [0.29, 0.717) is 31.0 Å². The first-order chi connectivity index (χ1) is 28.3. The van der Waals surface area contributed by atoms with Crippen LogP contribution in [-0.2, 0) is 23.7 Å². The maximum Gasteiger partial charge on any atom is 0.338 e. The van der Waals surface area contributed by atoms with Crippen molar-refractivity contribution in [2.45, 2.75) is 64.2 Å². The highest BCUT2D eigenvalue weighted by Gasteiger charge is 2.54. The first-order valence-electron chi connectivity index (χ1n) is 19.7. The third-order valence-electron chi connectivity index (χ3n) is 9.82. The van der Waals surface area contributed by atoms with Gasteiger partial charge in [0.15, 0.2) is 0 Å². The minimum absolute atomic E-state index is 0.0170. The monoisotopic (exact) mass is 787 g/mol. The smallest absolute Gasteiger partial charge is 0.338 e. The van der Waals surface area contributed by atoms with Crippen molar-refractivity contribution >= 4 is 17.4 Å². The number of hydrogen-bond donors (Lipinski definition) is 0. The molecule has 0 radical (unpaired) electrons. The second-order valence-electron chi connectivity index (χ2n) is 13.1. The fourth-order valence-corrected chi connectivity index (χ4v) is 6.62. The molecule has 2 aromatic carbocycles. The van der Waals surface area contributed by atoms with Crippen molar-refractivity contribution in [2.75, 3.05) is 45.4 Å². The number of benzene rings is 2. The maximum absolute atomic E-state index is 12.6. The van der Waals surface area contributed by atoms with Crippen molar-refractivity contribution < 1.29 is 23.7 Å². The van der Waals surface area contributed by atoms with Crippen molar-refractivity contribution in [2.24, 2.45) is 0 Å². The van der Waals surface area contributed by atoms with Crippen LogP contribution in [0.2, 0.25) is 0 Å². The standard InChI is InChI=1S/C42H49N5O5.C4H6.C2H6/c1-8-14-31(10-3)42(48)52-26-24-46(23-25-51-30(5)32-15-12-11-13-16-32)34-19-17-33(18-20-34)37-40(49-6)38(41(37)50-7)35-28-47(29(4)9-2)45-39(35)36-27-43-21-22-44-36;1-3-4-2;1-2/h8,10-22,27-29,37-38,40-41H,1,3,5,9,23-26H2,2,4,6-7H3;3-4H,1-2H2;1-2H3/b31-14+;;. The SMILES string of the molecule is C=C/C=C(\C=C)C(=O)OCCN(CCOC(=C)c1ccccc1)c1ccc(C2C(OC)C(c3cn(C(C)CC)nc3-c3cnccn3)C2OC)cc1.C=CC=C.CC. The third-order valence-corrected chi connectivity index (χ3v) is 9.82. The topological polar surface area (TPSA) is 101 Å². The molecule has 1 aliphatic carbocycles. The molecule has 10 heteroatoms. The van der Waals surface area contributed by atoms with E-state index >= 15 is 0 Å². The number of carbonyl (C=O) groups is 1. The van der Waals surface area contributed by atoms with Gasteiger partial charge in [-0.15, -0.1) is 0 Å². The molecule has 0 spiro atoms. The fraction of sp³-hybridized carbons (Fsp3) is 0.333. The molecular formula is C48H61N5O5. The summed E-state index contributed by atoms with van der Waals surface area (Å²) >= 11 is 0. The summed E-state index contributed by atoms with van der Waals surface area (Å²) in [6.45, 7) is 28.0. The van der Waals surface area contributed by atoms with Gasteiger partial charge in [-0.1, -0.05) is 120 Å². The van der Waals surface area contributed by atoms with E-state index < -0.39 is 5.97 Å². The molecule has 0 amide bonds. The lowest BCUT2D eigenvalue weighted by molar-refractivity contribution is -0.138. The van der Waals surface area contributed by atoms with Crippen LogP contribution in [0.3, 0.4) is 0 Å². The van der Waals surface area contributed by atoms with Crippen LogP contribution in [0, 0.1) is 0 Å². The highest BCUT2D eigenvalue weighted by Crippen LogP contribution is 2.53. The van der Waals surface area contributed by atoms with E-state index in [1.807, 2.05) is 48.9 Å². The van der Waals surface area contributed by atoms with E-state index in [-0.39, 0.29) is 36.7 Å². The number of esters is 1. The van der Waals surface area contributed by atoms with Crippen LogP contribution in [-0.4, -0.2) is 78.4 Å². The summed E-state index contributed by atoms with van der Waals surface area (Å²) in [5.74, 6) is 0.0648. The van der Waals surface area contributed by atoms with Crippen LogP contribution in [0.4, 0.5) is 5.69 Å². The molecule has 58 heavy (non-hydrogen) atoms. The van der Waals surface area contributed by atoms with Gasteiger partial charge in [-0.2, -0.15) is 5.10 Å². The number of allylic oxidation sites excluding steroid dienone is 4. The Morgan fingerprint density at radius 2 is 1.52 bits per heavy atom. The predicted octanol–water partition coefficient (Wildman–Crippen LogP) is 9.94. The van der Waals surface area contributed by atoms with Crippen LogP contribution < -0.4 is 4.90 Å².